The van der Waals surface area contributed by atoms with Crippen LogP contribution in [-0.2, 0) is 10.3 Å². The van der Waals surface area contributed by atoms with Crippen LogP contribution in [0.4, 0.5) is 0 Å². The minimum absolute atomic E-state index is 0.402. The van der Waals surface area contributed by atoms with E-state index in [4.69, 9.17) is 9.15 Å². The molecule has 1 aliphatic heterocycles. The maximum Gasteiger partial charge on any atom is 0.227 e. The van der Waals surface area contributed by atoms with Crippen molar-refractivity contribution in [3.05, 3.63) is 17.8 Å². The molecule has 0 bridgehead atoms. The molecule has 1 aromatic heterocycles. The molecule has 2 heterocycles. The van der Waals surface area contributed by atoms with Crippen LogP contribution >= 0.6 is 0 Å². The second-order valence-electron chi connectivity index (χ2n) is 4.10. The van der Waals surface area contributed by atoms with Gasteiger partial charge in [0.15, 0.2) is 5.60 Å². The fraction of sp³-hybridized carbons (Fsp3) is 0.700. The smallest absolute Gasteiger partial charge is 0.227 e. The van der Waals surface area contributed by atoms with Gasteiger partial charge in [0.1, 0.15) is 5.76 Å². The Kier molecular flexibility index (Phi) is 2.33. The third-order valence-corrected chi connectivity index (χ3v) is 2.51. The van der Waals surface area contributed by atoms with E-state index in [0.717, 1.165) is 12.3 Å². The number of hydrogen-bond donors (Lipinski definition) is 1. The first-order valence-corrected chi connectivity index (χ1v) is 4.90. The quantitative estimate of drug-likeness (QED) is 0.733. The fourth-order valence-corrected chi connectivity index (χ4v) is 1.52. The lowest BCUT2D eigenvalue weighted by atomic mass is 10.0. The van der Waals surface area contributed by atoms with Gasteiger partial charge in [-0.05, 0) is 20.8 Å². The molecular formula is C10H16N2O2. The Morgan fingerprint density at radius 1 is 1.64 bits per heavy atom. The van der Waals surface area contributed by atoms with Crippen LogP contribution in [0.3, 0.4) is 0 Å². The normalized spacial score (nSPS) is 33.2. The zero-order chi connectivity index (χ0) is 10.2. The summed E-state index contributed by atoms with van der Waals surface area (Å²) in [7, 11) is 0. The summed E-state index contributed by atoms with van der Waals surface area (Å²) in [5, 5.41) is 3.36. The predicted molar refractivity (Wildman–Crippen MR) is 52.0 cm³/mol. The number of oxazole rings is 1. The van der Waals surface area contributed by atoms with Gasteiger partial charge >= 0.3 is 0 Å². The van der Waals surface area contributed by atoms with Gasteiger partial charge in [0, 0.05) is 12.6 Å². The Labute approximate surface area is 83.7 Å². The number of aromatic nitrogens is 1. The lowest BCUT2D eigenvalue weighted by molar-refractivity contribution is -0.0887. The number of rotatable bonds is 1. The van der Waals surface area contributed by atoms with Crippen molar-refractivity contribution in [2.24, 2.45) is 0 Å². The number of ether oxygens (including phenoxy) is 1. The molecule has 0 saturated carbocycles. The molecule has 2 rings (SSSR count). The molecule has 1 aromatic rings. The van der Waals surface area contributed by atoms with E-state index < -0.39 is 5.60 Å². The third-order valence-electron chi connectivity index (χ3n) is 2.51. The van der Waals surface area contributed by atoms with Crippen LogP contribution in [-0.4, -0.2) is 24.2 Å². The molecule has 0 amide bonds. The monoisotopic (exact) mass is 196 g/mol. The van der Waals surface area contributed by atoms with E-state index in [1.807, 2.05) is 13.8 Å². The summed E-state index contributed by atoms with van der Waals surface area (Å²) >= 11 is 0. The van der Waals surface area contributed by atoms with Crippen LogP contribution in [0.5, 0.6) is 0 Å². The average molecular weight is 196 g/mol. The maximum absolute atomic E-state index is 5.76. The van der Waals surface area contributed by atoms with E-state index in [-0.39, 0.29) is 0 Å². The number of hydrogen-bond acceptors (Lipinski definition) is 4. The zero-order valence-corrected chi connectivity index (χ0v) is 8.83. The van der Waals surface area contributed by atoms with E-state index in [1.165, 1.54) is 0 Å². The zero-order valence-electron chi connectivity index (χ0n) is 8.83. The summed E-state index contributed by atoms with van der Waals surface area (Å²) in [4.78, 5) is 4.20. The average Bonchev–Trinajstić information content (AvgIpc) is 2.58. The van der Waals surface area contributed by atoms with Crippen LogP contribution in [0, 0.1) is 6.92 Å². The lowest BCUT2D eigenvalue weighted by Gasteiger charge is -2.34. The number of morpholine rings is 1. The molecule has 1 fully saturated rings. The first-order chi connectivity index (χ1) is 6.60. The van der Waals surface area contributed by atoms with Crippen molar-refractivity contribution in [1.29, 1.82) is 0 Å². The van der Waals surface area contributed by atoms with Crippen LogP contribution in [0.2, 0.25) is 0 Å². The molecule has 4 heteroatoms. The summed E-state index contributed by atoms with van der Waals surface area (Å²) in [5.74, 6) is 1.48. The van der Waals surface area contributed by atoms with E-state index in [1.54, 1.807) is 6.20 Å². The van der Waals surface area contributed by atoms with E-state index in [2.05, 4.69) is 17.2 Å². The molecule has 0 spiro atoms. The molecule has 1 aliphatic rings. The van der Waals surface area contributed by atoms with Gasteiger partial charge in [-0.2, -0.15) is 0 Å². The van der Waals surface area contributed by atoms with Crippen molar-refractivity contribution in [2.45, 2.75) is 32.4 Å². The summed E-state index contributed by atoms with van der Waals surface area (Å²) in [6.45, 7) is 7.42. The minimum atomic E-state index is -0.416. The van der Waals surface area contributed by atoms with Crippen LogP contribution in [0.15, 0.2) is 10.6 Å². The summed E-state index contributed by atoms with van der Waals surface area (Å²) in [6.07, 6.45) is 1.72. The molecule has 0 aromatic carbocycles. The van der Waals surface area contributed by atoms with Crippen LogP contribution in [0.25, 0.3) is 0 Å². The Balaban J connectivity index is 2.16. The number of nitrogens with zero attached hydrogens (tertiary/aromatic N) is 1. The SMILES string of the molecule is Cc1cnc(C2(C)CNC(C)CO2)o1. The van der Waals surface area contributed by atoms with Crippen molar-refractivity contribution in [3.63, 3.8) is 0 Å². The van der Waals surface area contributed by atoms with Gasteiger partial charge in [0.05, 0.1) is 12.8 Å². The highest BCUT2D eigenvalue weighted by Gasteiger charge is 2.36. The van der Waals surface area contributed by atoms with Crippen molar-refractivity contribution in [1.82, 2.24) is 10.3 Å². The highest BCUT2D eigenvalue weighted by Crippen LogP contribution is 2.26. The van der Waals surface area contributed by atoms with Crippen molar-refractivity contribution >= 4 is 0 Å². The molecule has 1 N–H and O–H groups in total. The Morgan fingerprint density at radius 3 is 2.93 bits per heavy atom. The lowest BCUT2D eigenvalue weighted by Crippen LogP contribution is -2.50. The molecule has 14 heavy (non-hydrogen) atoms. The van der Waals surface area contributed by atoms with Gasteiger partial charge < -0.3 is 14.5 Å². The van der Waals surface area contributed by atoms with E-state index in [0.29, 0.717) is 18.5 Å². The molecule has 2 atom stereocenters. The second-order valence-corrected chi connectivity index (χ2v) is 4.10. The predicted octanol–water partition coefficient (Wildman–Crippen LogP) is 1.21. The first-order valence-electron chi connectivity index (χ1n) is 4.90. The van der Waals surface area contributed by atoms with Gasteiger partial charge in [-0.15, -0.1) is 0 Å². The van der Waals surface area contributed by atoms with Crippen LogP contribution in [0.1, 0.15) is 25.5 Å². The first kappa shape index (κ1) is 9.68. The number of nitrogens with one attached hydrogen (secondary N) is 1. The molecule has 0 radical (unpaired) electrons. The molecule has 4 nitrogen and oxygen atoms in total. The Morgan fingerprint density at radius 2 is 2.43 bits per heavy atom. The van der Waals surface area contributed by atoms with Gasteiger partial charge in [0.2, 0.25) is 5.89 Å². The highest BCUT2D eigenvalue weighted by molar-refractivity contribution is 5.03. The Bertz CT molecular complexity index is 314. The maximum atomic E-state index is 5.76. The highest BCUT2D eigenvalue weighted by atomic mass is 16.5. The standard InChI is InChI=1S/C10H16N2O2/c1-7-5-13-10(3,6-12-7)9-11-4-8(2)14-9/h4,7,12H,5-6H2,1-3H3. The van der Waals surface area contributed by atoms with E-state index in [9.17, 15) is 0 Å². The van der Waals surface area contributed by atoms with Crippen molar-refractivity contribution in [2.75, 3.05) is 13.2 Å². The fourth-order valence-electron chi connectivity index (χ4n) is 1.52. The van der Waals surface area contributed by atoms with Gasteiger partial charge in [-0.3, -0.25) is 0 Å². The second kappa shape index (κ2) is 3.37. The van der Waals surface area contributed by atoms with Gasteiger partial charge in [-0.25, -0.2) is 4.98 Å². The molecular weight excluding hydrogens is 180 g/mol. The van der Waals surface area contributed by atoms with Crippen LogP contribution < -0.4 is 5.32 Å². The van der Waals surface area contributed by atoms with E-state index >= 15 is 0 Å². The summed E-state index contributed by atoms with van der Waals surface area (Å²) in [5.41, 5.74) is -0.416. The third kappa shape index (κ3) is 1.67. The molecule has 2 unspecified atom stereocenters. The molecule has 0 aliphatic carbocycles. The van der Waals surface area contributed by atoms with Gasteiger partial charge in [0.25, 0.3) is 0 Å². The largest absolute Gasteiger partial charge is 0.443 e. The summed E-state index contributed by atoms with van der Waals surface area (Å²) < 4.78 is 11.2. The van der Waals surface area contributed by atoms with Crippen molar-refractivity contribution in [3.8, 4) is 0 Å². The van der Waals surface area contributed by atoms with Gasteiger partial charge in [-0.1, -0.05) is 0 Å². The van der Waals surface area contributed by atoms with Crippen molar-refractivity contribution < 1.29 is 9.15 Å². The summed E-state index contributed by atoms with van der Waals surface area (Å²) in [6, 6.07) is 0.402. The Hall–Kier alpha value is -0.870. The topological polar surface area (TPSA) is 47.3 Å². The molecule has 1 saturated heterocycles. The number of aryl methyl sites for hydroxylation is 1. The minimum Gasteiger partial charge on any atom is -0.443 e. The molecule has 78 valence electrons.